The molecule has 25 heavy (non-hydrogen) atoms. The zero-order valence-electron chi connectivity index (χ0n) is 13.0. The van der Waals surface area contributed by atoms with Crippen molar-refractivity contribution in [2.24, 2.45) is 0 Å². The second kappa shape index (κ2) is 8.93. The fourth-order valence-corrected chi connectivity index (χ4v) is 2.55. The summed E-state index contributed by atoms with van der Waals surface area (Å²) >= 11 is -1.62. The zero-order chi connectivity index (χ0) is 17.6. The molecule has 0 unspecified atom stereocenters. The Hall–Kier alpha value is -1.22. The molecule has 130 valence electrons. The number of H-pyrrole nitrogens is 2. The van der Waals surface area contributed by atoms with Crippen LogP contribution in [0.15, 0.2) is 48.5 Å². The third kappa shape index (κ3) is 5.38. The number of hydrogen-bond donors (Lipinski definition) is 2. The van der Waals surface area contributed by atoms with Gasteiger partial charge >= 0.3 is 41.5 Å². The predicted molar refractivity (Wildman–Crippen MR) is 101 cm³/mol. The normalized spacial score (nSPS) is 11.0. The van der Waals surface area contributed by atoms with Gasteiger partial charge in [0.05, 0.1) is 33.7 Å². The number of fused-ring (bicyclic) bond motifs is 2. The molecule has 2 aromatic heterocycles. The van der Waals surface area contributed by atoms with Gasteiger partial charge < -0.3 is 16.4 Å². The Morgan fingerprint density at radius 2 is 1.16 bits per heavy atom. The number of aromatic nitrogens is 4. The van der Waals surface area contributed by atoms with Crippen LogP contribution in [0.1, 0.15) is 11.6 Å². The summed E-state index contributed by atoms with van der Waals surface area (Å²) < 4.78 is 0. The molecule has 0 aliphatic heterocycles. The first-order valence-corrected chi connectivity index (χ1v) is 12.8. The topological polar surface area (TPSA) is 57.4 Å². The van der Waals surface area contributed by atoms with Gasteiger partial charge in [0.2, 0.25) is 0 Å². The molecule has 0 atom stereocenters. The smallest absolute Gasteiger partial charge is 0.0884 e. The van der Waals surface area contributed by atoms with Crippen molar-refractivity contribution in [2.75, 3.05) is 0 Å². The van der Waals surface area contributed by atoms with Gasteiger partial charge in [0.15, 0.2) is 0 Å². The van der Waals surface area contributed by atoms with E-state index in [9.17, 15) is 0 Å². The summed E-state index contributed by atoms with van der Waals surface area (Å²) in [7, 11) is 14.8. The van der Waals surface area contributed by atoms with Crippen molar-refractivity contribution in [3.8, 4) is 0 Å². The molecule has 2 heterocycles. The van der Waals surface area contributed by atoms with Crippen molar-refractivity contribution < 1.29 is 11.4 Å². The van der Waals surface area contributed by atoms with Crippen LogP contribution in [0.2, 0.25) is 0 Å². The summed E-state index contributed by atoms with van der Waals surface area (Å²) in [5.74, 6) is 1.99. The average molecular weight is 434 g/mol. The Bertz CT molecular complexity index is 808. The Kier molecular flexibility index (Phi) is 6.64. The quantitative estimate of drug-likeness (QED) is 0.418. The molecule has 4 rings (SSSR count). The Morgan fingerprint density at radius 1 is 0.760 bits per heavy atom. The van der Waals surface area contributed by atoms with E-state index in [1.807, 2.05) is 48.5 Å². The number of hydrogen-bond acceptors (Lipinski definition) is 2. The minimum Gasteiger partial charge on any atom is -0.344 e. The summed E-state index contributed by atoms with van der Waals surface area (Å²) in [5.41, 5.74) is 4.21. The fraction of sp³-hybridized carbons (Fsp3) is 0.118. The van der Waals surface area contributed by atoms with Crippen LogP contribution in [0.3, 0.4) is 0 Å². The van der Waals surface area contributed by atoms with Gasteiger partial charge in [-0.3, -0.25) is 0 Å². The standard InChI is InChI=1S/C17H15N4.3ClH.Cr/c1-2-7-13-12(6-1)18-16(19-13)10-5-11-17-20-14-8-3-4-9-15(14)21-17;;;;/h1-9H,10-11H2,(H,18,19)(H,20,21);3*1H;/q-1;;;;+4/p-3. The van der Waals surface area contributed by atoms with Crippen LogP contribution in [0.5, 0.6) is 0 Å². The molecule has 0 saturated carbocycles. The van der Waals surface area contributed by atoms with E-state index >= 15 is 0 Å². The van der Waals surface area contributed by atoms with Gasteiger partial charge in [-0.2, -0.15) is 0 Å². The average Bonchev–Trinajstić information content (AvgIpc) is 3.16. The van der Waals surface area contributed by atoms with Gasteiger partial charge in [0.1, 0.15) is 0 Å². The number of nitrogens with zero attached hydrogens (tertiary/aromatic N) is 2. The number of benzene rings is 2. The maximum atomic E-state index is 4.93. The molecule has 0 amide bonds. The predicted octanol–water partition coefficient (Wildman–Crippen LogP) is 5.49. The second-order valence-corrected chi connectivity index (χ2v) is 11.6. The Balaban J connectivity index is 0.000000415. The van der Waals surface area contributed by atoms with Crippen molar-refractivity contribution in [1.82, 2.24) is 19.9 Å². The van der Waals surface area contributed by atoms with Gasteiger partial charge in [0, 0.05) is 0 Å². The summed E-state index contributed by atoms with van der Waals surface area (Å²) in [6, 6.07) is 16.2. The van der Waals surface area contributed by atoms with Crippen molar-refractivity contribution in [3.63, 3.8) is 0 Å². The van der Waals surface area contributed by atoms with E-state index < -0.39 is 11.4 Å². The molecule has 0 saturated heterocycles. The van der Waals surface area contributed by atoms with Gasteiger partial charge in [-0.15, -0.1) is 12.8 Å². The molecule has 0 fully saturated rings. The molecule has 8 heteroatoms. The number of rotatable bonds is 4. The monoisotopic (exact) mass is 432 g/mol. The zero-order valence-corrected chi connectivity index (χ0v) is 16.6. The van der Waals surface area contributed by atoms with E-state index in [2.05, 4.69) is 26.4 Å². The van der Waals surface area contributed by atoms with Crippen molar-refractivity contribution >= 4 is 52.2 Å². The van der Waals surface area contributed by atoms with E-state index in [0.29, 0.717) is 0 Å². The number of aromatic amines is 2. The number of imidazole rings is 2. The van der Waals surface area contributed by atoms with Crippen LogP contribution in [-0.2, 0) is 24.2 Å². The minimum absolute atomic E-state index is 0.811. The van der Waals surface area contributed by atoms with E-state index in [1.54, 1.807) is 0 Å². The molecule has 4 aromatic rings. The first-order valence-electron chi connectivity index (χ1n) is 7.54. The van der Waals surface area contributed by atoms with E-state index in [4.69, 9.17) is 30.1 Å². The van der Waals surface area contributed by atoms with Crippen LogP contribution >= 0.6 is 30.1 Å². The Labute approximate surface area is 162 Å². The maximum Gasteiger partial charge on any atom is 0.0884 e. The van der Waals surface area contributed by atoms with Gasteiger partial charge in [-0.25, -0.2) is 9.97 Å². The van der Waals surface area contributed by atoms with Crippen LogP contribution in [0, 0.1) is 6.42 Å². The first kappa shape index (κ1) is 18.6. The molecule has 0 radical (unpaired) electrons. The Morgan fingerprint density at radius 3 is 1.56 bits per heavy atom. The van der Waals surface area contributed by atoms with Gasteiger partial charge in [-0.05, 0) is 24.3 Å². The number of halogens is 3. The molecule has 0 spiro atoms. The SMILES string of the molecule is [Cl][Cr+]([Cl])[Cl].c1ccc2[nH]c(C[CH-]Cc3nc4ccccc4[nH]3)nc2c1. The molecule has 0 aliphatic rings. The molecule has 2 aromatic carbocycles. The fourth-order valence-electron chi connectivity index (χ4n) is 2.55. The second-order valence-electron chi connectivity index (χ2n) is 5.27. The maximum absolute atomic E-state index is 4.93. The minimum atomic E-state index is -1.62. The van der Waals surface area contributed by atoms with Gasteiger partial charge in [-0.1, -0.05) is 24.3 Å². The molecular formula is C17H15Cl3CrN4. The molecule has 2 N–H and O–H groups in total. The van der Waals surface area contributed by atoms with Crippen LogP contribution in [-0.4, -0.2) is 19.9 Å². The molecule has 4 nitrogen and oxygen atoms in total. The summed E-state index contributed by atoms with van der Waals surface area (Å²) in [4.78, 5) is 15.8. The van der Waals surface area contributed by atoms with Crippen LogP contribution in [0.25, 0.3) is 22.1 Å². The molecular weight excluding hydrogens is 419 g/mol. The first-order chi connectivity index (χ1) is 12.1. The summed E-state index contributed by atoms with van der Waals surface area (Å²) in [6.45, 7) is 0. The van der Waals surface area contributed by atoms with Crippen LogP contribution in [0.4, 0.5) is 0 Å². The van der Waals surface area contributed by atoms with Crippen molar-refractivity contribution in [3.05, 3.63) is 66.6 Å². The third-order valence-corrected chi connectivity index (χ3v) is 3.55. The molecule has 0 aliphatic carbocycles. The summed E-state index contributed by atoms with van der Waals surface area (Å²) in [6.07, 6.45) is 3.81. The van der Waals surface area contributed by atoms with Crippen molar-refractivity contribution in [2.45, 2.75) is 12.8 Å². The molecule has 0 bridgehead atoms. The van der Waals surface area contributed by atoms with E-state index in [-0.39, 0.29) is 0 Å². The van der Waals surface area contributed by atoms with E-state index in [1.165, 1.54) is 0 Å². The van der Waals surface area contributed by atoms with Crippen LogP contribution < -0.4 is 0 Å². The van der Waals surface area contributed by atoms with E-state index in [0.717, 1.165) is 46.6 Å². The number of nitrogens with one attached hydrogen (secondary N) is 2. The largest absolute Gasteiger partial charge is 0.344 e. The van der Waals surface area contributed by atoms with Crippen molar-refractivity contribution in [1.29, 1.82) is 0 Å². The number of para-hydroxylation sites is 4. The van der Waals surface area contributed by atoms with Gasteiger partial charge in [0.25, 0.3) is 0 Å². The third-order valence-electron chi connectivity index (χ3n) is 3.55. The summed E-state index contributed by atoms with van der Waals surface area (Å²) in [5, 5.41) is 0.